The maximum Gasteiger partial charge on any atom is 0.340 e. The van der Waals surface area contributed by atoms with E-state index in [0.29, 0.717) is 49.8 Å². The third-order valence-electron chi connectivity index (χ3n) is 6.13. The van der Waals surface area contributed by atoms with Crippen LogP contribution in [0.25, 0.3) is 0 Å². The summed E-state index contributed by atoms with van der Waals surface area (Å²) >= 11 is 0. The molecule has 0 spiro atoms. The predicted octanol–water partition coefficient (Wildman–Crippen LogP) is 6.30. The average molecular weight is 543 g/mol. The fourth-order valence-corrected chi connectivity index (χ4v) is 3.94. The van der Waals surface area contributed by atoms with Crippen molar-refractivity contribution in [3.8, 4) is 23.0 Å². The van der Waals surface area contributed by atoms with Gasteiger partial charge in [0.2, 0.25) is 5.75 Å². The standard InChI is InChI=1S/C30H38O9/c1-5-8-14-21(31)24-26(30(36)38-18-19-12-11-13-20(17-19)37-4)25(22(32)15-9-6-2)29(28(35)27(24)34)39-23(33)16-10-7-3/h11-13,17,34-35H,5-10,14-16,18H2,1-4H3. The summed E-state index contributed by atoms with van der Waals surface area (Å²) in [7, 11) is 1.50. The lowest BCUT2D eigenvalue weighted by Gasteiger charge is -2.20. The number of methoxy groups -OCH3 is 1. The van der Waals surface area contributed by atoms with Crippen molar-refractivity contribution in [2.45, 2.75) is 85.2 Å². The second-order valence-electron chi connectivity index (χ2n) is 9.21. The minimum atomic E-state index is -1.07. The number of phenols is 2. The van der Waals surface area contributed by atoms with Crippen LogP contribution in [0.5, 0.6) is 23.0 Å². The van der Waals surface area contributed by atoms with Crippen molar-refractivity contribution in [2.24, 2.45) is 0 Å². The molecule has 0 saturated carbocycles. The van der Waals surface area contributed by atoms with E-state index in [1.54, 1.807) is 24.3 Å². The third-order valence-corrected chi connectivity index (χ3v) is 6.13. The molecule has 2 aromatic carbocycles. The van der Waals surface area contributed by atoms with Gasteiger partial charge in [-0.25, -0.2) is 4.79 Å². The molecule has 2 aromatic rings. The lowest BCUT2D eigenvalue weighted by Crippen LogP contribution is -2.21. The molecule has 9 nitrogen and oxygen atoms in total. The molecule has 0 fully saturated rings. The molecule has 0 saturated heterocycles. The van der Waals surface area contributed by atoms with Crippen molar-refractivity contribution in [2.75, 3.05) is 7.11 Å². The highest BCUT2D eigenvalue weighted by molar-refractivity contribution is 6.17. The van der Waals surface area contributed by atoms with E-state index >= 15 is 0 Å². The molecule has 0 atom stereocenters. The van der Waals surface area contributed by atoms with Gasteiger partial charge in [-0.3, -0.25) is 14.4 Å². The Hall–Kier alpha value is -3.88. The second-order valence-corrected chi connectivity index (χ2v) is 9.21. The number of ketones is 2. The monoisotopic (exact) mass is 542 g/mol. The van der Waals surface area contributed by atoms with Gasteiger partial charge >= 0.3 is 11.9 Å². The summed E-state index contributed by atoms with van der Waals surface area (Å²) in [4.78, 5) is 52.7. The van der Waals surface area contributed by atoms with Gasteiger partial charge in [0, 0.05) is 19.3 Å². The SMILES string of the molecule is CCCCC(=O)Oc1c(O)c(O)c(C(=O)CCCC)c(C(=O)OCc2cccc(OC)c2)c1C(=O)CCCC. The highest BCUT2D eigenvalue weighted by Gasteiger charge is 2.36. The number of benzene rings is 2. The van der Waals surface area contributed by atoms with E-state index in [-0.39, 0.29) is 25.9 Å². The number of rotatable bonds is 16. The van der Waals surface area contributed by atoms with Gasteiger partial charge in [0.1, 0.15) is 12.4 Å². The third kappa shape index (κ3) is 8.30. The Morgan fingerprint density at radius 3 is 1.95 bits per heavy atom. The maximum absolute atomic E-state index is 13.6. The lowest BCUT2D eigenvalue weighted by molar-refractivity contribution is -0.134. The quantitative estimate of drug-likeness (QED) is 0.108. The van der Waals surface area contributed by atoms with Crippen molar-refractivity contribution >= 4 is 23.5 Å². The Kier molecular flexibility index (Phi) is 12.5. The van der Waals surface area contributed by atoms with Crippen molar-refractivity contribution in [3.05, 3.63) is 46.5 Å². The van der Waals surface area contributed by atoms with Gasteiger partial charge < -0.3 is 24.4 Å². The summed E-state index contributed by atoms with van der Waals surface area (Å²) in [6.45, 7) is 5.39. The number of ether oxygens (including phenoxy) is 3. The van der Waals surface area contributed by atoms with E-state index in [1.165, 1.54) is 7.11 Å². The fourth-order valence-electron chi connectivity index (χ4n) is 3.94. The zero-order chi connectivity index (χ0) is 28.9. The van der Waals surface area contributed by atoms with Crippen molar-refractivity contribution < 1.29 is 43.6 Å². The first kappa shape index (κ1) is 31.3. The van der Waals surface area contributed by atoms with Crippen LogP contribution in [0, 0.1) is 0 Å². The molecule has 0 aliphatic carbocycles. The molecule has 0 aliphatic heterocycles. The van der Waals surface area contributed by atoms with Gasteiger partial charge in [0.05, 0.1) is 23.8 Å². The molecule has 0 amide bonds. The second kappa shape index (κ2) is 15.5. The Labute approximate surface area is 229 Å². The number of Topliss-reactive ketones (excluding diaryl/α,β-unsaturated/α-hetero) is 2. The van der Waals surface area contributed by atoms with Crippen molar-refractivity contribution in [3.63, 3.8) is 0 Å². The van der Waals surface area contributed by atoms with E-state index in [9.17, 15) is 29.4 Å². The van der Waals surface area contributed by atoms with E-state index in [1.807, 2.05) is 20.8 Å². The Bertz CT molecular complexity index is 1180. The molecule has 9 heteroatoms. The van der Waals surface area contributed by atoms with Crippen LogP contribution in [0.15, 0.2) is 24.3 Å². The summed E-state index contributed by atoms with van der Waals surface area (Å²) < 4.78 is 16.0. The van der Waals surface area contributed by atoms with Crippen molar-refractivity contribution in [1.82, 2.24) is 0 Å². The van der Waals surface area contributed by atoms with Crippen LogP contribution in [-0.2, 0) is 16.1 Å². The van der Waals surface area contributed by atoms with Gasteiger partial charge in [-0.05, 0) is 37.0 Å². The van der Waals surface area contributed by atoms with E-state index in [2.05, 4.69) is 0 Å². The largest absolute Gasteiger partial charge is 0.504 e. The summed E-state index contributed by atoms with van der Waals surface area (Å²) in [5, 5.41) is 21.8. The summed E-state index contributed by atoms with van der Waals surface area (Å²) in [5.74, 6) is -5.07. The molecule has 0 heterocycles. The minimum absolute atomic E-state index is 0.00784. The van der Waals surface area contributed by atoms with Gasteiger partial charge in [0.25, 0.3) is 0 Å². The molecular formula is C30H38O9. The number of hydrogen-bond donors (Lipinski definition) is 2. The molecule has 0 unspecified atom stereocenters. The predicted molar refractivity (Wildman–Crippen MR) is 145 cm³/mol. The number of hydrogen-bond acceptors (Lipinski definition) is 9. The van der Waals surface area contributed by atoms with Crippen LogP contribution >= 0.6 is 0 Å². The average Bonchev–Trinajstić information content (AvgIpc) is 2.94. The zero-order valence-corrected chi connectivity index (χ0v) is 23.1. The fraction of sp³-hybridized carbons (Fsp3) is 0.467. The van der Waals surface area contributed by atoms with Crippen LogP contribution in [0.3, 0.4) is 0 Å². The van der Waals surface area contributed by atoms with Gasteiger partial charge in [-0.2, -0.15) is 0 Å². The van der Waals surface area contributed by atoms with E-state index < -0.39 is 57.4 Å². The van der Waals surface area contributed by atoms with Gasteiger partial charge in [-0.15, -0.1) is 0 Å². The number of unbranched alkanes of at least 4 members (excludes halogenated alkanes) is 3. The van der Waals surface area contributed by atoms with E-state index in [0.717, 1.165) is 0 Å². The molecule has 0 radical (unpaired) electrons. The molecule has 2 N–H and O–H groups in total. The van der Waals surface area contributed by atoms with Crippen LogP contribution in [-0.4, -0.2) is 40.8 Å². The molecular weight excluding hydrogens is 504 g/mol. The first-order chi connectivity index (χ1) is 18.7. The Morgan fingerprint density at radius 1 is 0.769 bits per heavy atom. The topological polar surface area (TPSA) is 136 Å². The van der Waals surface area contributed by atoms with E-state index in [4.69, 9.17) is 14.2 Å². The molecule has 39 heavy (non-hydrogen) atoms. The van der Waals surface area contributed by atoms with Crippen molar-refractivity contribution in [1.29, 1.82) is 0 Å². The maximum atomic E-state index is 13.6. The summed E-state index contributed by atoms with van der Waals surface area (Å²) in [6.07, 6.45) is 3.30. The molecule has 0 aromatic heterocycles. The summed E-state index contributed by atoms with van der Waals surface area (Å²) in [6, 6.07) is 6.79. The lowest BCUT2D eigenvalue weighted by atomic mass is 9.90. The Morgan fingerprint density at radius 2 is 1.36 bits per heavy atom. The molecule has 2 rings (SSSR count). The molecule has 0 bridgehead atoms. The highest BCUT2D eigenvalue weighted by Crippen LogP contribution is 2.46. The minimum Gasteiger partial charge on any atom is -0.504 e. The van der Waals surface area contributed by atoms with Gasteiger partial charge in [0.15, 0.2) is 23.1 Å². The normalized spacial score (nSPS) is 10.7. The van der Waals surface area contributed by atoms with Crippen LogP contribution in [0.2, 0.25) is 0 Å². The number of aromatic hydroxyl groups is 2. The summed E-state index contributed by atoms with van der Waals surface area (Å²) in [5.41, 5.74) is -0.910. The molecule has 0 aliphatic rings. The molecule has 212 valence electrons. The number of carbonyl (C=O) groups is 4. The van der Waals surface area contributed by atoms with Crippen LogP contribution in [0.4, 0.5) is 0 Å². The first-order valence-electron chi connectivity index (χ1n) is 13.4. The zero-order valence-electron chi connectivity index (χ0n) is 23.1. The Balaban J connectivity index is 2.72. The smallest absolute Gasteiger partial charge is 0.340 e. The first-order valence-corrected chi connectivity index (χ1v) is 13.4. The van der Waals surface area contributed by atoms with Crippen LogP contribution < -0.4 is 9.47 Å². The highest BCUT2D eigenvalue weighted by atomic mass is 16.5. The number of esters is 2. The van der Waals surface area contributed by atoms with Crippen LogP contribution in [0.1, 0.15) is 115 Å². The number of carbonyl (C=O) groups excluding carboxylic acids is 4. The van der Waals surface area contributed by atoms with Gasteiger partial charge in [-0.1, -0.05) is 52.2 Å². The number of phenolic OH excluding ortho intramolecular Hbond substituents is 2.